The van der Waals surface area contributed by atoms with Crippen molar-refractivity contribution in [3.8, 4) is 17.6 Å². The van der Waals surface area contributed by atoms with Gasteiger partial charge in [-0.1, -0.05) is 12.0 Å². The summed E-state index contributed by atoms with van der Waals surface area (Å²) in [7, 11) is 0. The van der Waals surface area contributed by atoms with E-state index in [4.69, 9.17) is 4.74 Å². The third kappa shape index (κ3) is 5.88. The van der Waals surface area contributed by atoms with Crippen molar-refractivity contribution in [2.45, 2.75) is 39.2 Å². The molecule has 1 aromatic heterocycles. The molecule has 0 atom stereocenters. The number of carbonyl (C=O) groups is 2. The molecule has 0 N–H and O–H groups in total. The number of nitrogens with zero attached hydrogens (tertiary/aromatic N) is 2. The van der Waals surface area contributed by atoms with Crippen LogP contribution in [0.5, 0.6) is 5.75 Å². The van der Waals surface area contributed by atoms with E-state index < -0.39 is 34.9 Å². The Labute approximate surface area is 162 Å². The van der Waals surface area contributed by atoms with Gasteiger partial charge in [0.1, 0.15) is 11.5 Å². The average molecular weight is 386 g/mol. The summed E-state index contributed by atoms with van der Waals surface area (Å²) in [6, 6.07) is 7.86. The third-order valence-corrected chi connectivity index (χ3v) is 3.54. The SMILES string of the molecule is CC(C)(C)N(C(=O)CCC#Cc1ccccn1)C(=O)Oc1ccc(F)cc1F. The van der Waals surface area contributed by atoms with Gasteiger partial charge in [-0.05, 0) is 51.0 Å². The van der Waals surface area contributed by atoms with E-state index in [1.807, 2.05) is 0 Å². The minimum Gasteiger partial charge on any atom is -0.407 e. The molecule has 2 amide bonds. The molecule has 0 spiro atoms. The molecule has 0 radical (unpaired) electrons. The molecule has 0 fully saturated rings. The second-order valence-corrected chi connectivity index (χ2v) is 6.86. The molecule has 0 bridgehead atoms. The number of ether oxygens (including phenoxy) is 1. The Morgan fingerprint density at radius 1 is 1.18 bits per heavy atom. The number of aromatic nitrogens is 1. The second kappa shape index (κ2) is 9.09. The Hall–Kier alpha value is -3.27. The topological polar surface area (TPSA) is 59.5 Å². The fraction of sp³-hybridized carbons (Fsp3) is 0.286. The first-order valence-electron chi connectivity index (χ1n) is 8.58. The predicted molar refractivity (Wildman–Crippen MR) is 99.3 cm³/mol. The summed E-state index contributed by atoms with van der Waals surface area (Å²) < 4.78 is 31.7. The molecule has 0 unspecified atom stereocenters. The van der Waals surface area contributed by atoms with Crippen LogP contribution in [0.4, 0.5) is 13.6 Å². The number of amides is 2. The van der Waals surface area contributed by atoms with Crippen LogP contribution >= 0.6 is 0 Å². The quantitative estimate of drug-likeness (QED) is 0.738. The van der Waals surface area contributed by atoms with Crippen LogP contribution in [0.2, 0.25) is 0 Å². The van der Waals surface area contributed by atoms with Crippen molar-refractivity contribution in [2.75, 3.05) is 0 Å². The molecule has 0 aliphatic heterocycles. The van der Waals surface area contributed by atoms with Crippen LogP contribution in [0.3, 0.4) is 0 Å². The Bertz CT molecular complexity index is 913. The molecule has 0 aliphatic carbocycles. The maximum Gasteiger partial charge on any atom is 0.422 e. The first-order chi connectivity index (χ1) is 13.2. The maximum absolute atomic E-state index is 13.7. The van der Waals surface area contributed by atoms with Gasteiger partial charge in [0.15, 0.2) is 11.6 Å². The van der Waals surface area contributed by atoms with E-state index in [1.165, 1.54) is 0 Å². The second-order valence-electron chi connectivity index (χ2n) is 6.86. The van der Waals surface area contributed by atoms with Crippen LogP contribution in [0.15, 0.2) is 42.6 Å². The fourth-order valence-corrected chi connectivity index (χ4v) is 2.32. The highest BCUT2D eigenvalue weighted by atomic mass is 19.1. The molecule has 2 aromatic rings. The zero-order valence-electron chi connectivity index (χ0n) is 15.8. The van der Waals surface area contributed by atoms with Gasteiger partial charge in [-0.25, -0.2) is 23.5 Å². The third-order valence-electron chi connectivity index (χ3n) is 3.54. The summed E-state index contributed by atoms with van der Waals surface area (Å²) in [6.45, 7) is 4.94. The molecule has 0 saturated heterocycles. The van der Waals surface area contributed by atoms with Crippen molar-refractivity contribution in [3.05, 3.63) is 59.9 Å². The number of rotatable bonds is 3. The van der Waals surface area contributed by atoms with Gasteiger partial charge in [0.2, 0.25) is 5.91 Å². The molecular weight excluding hydrogens is 366 g/mol. The van der Waals surface area contributed by atoms with Gasteiger partial charge >= 0.3 is 6.09 Å². The van der Waals surface area contributed by atoms with E-state index >= 15 is 0 Å². The lowest BCUT2D eigenvalue weighted by Crippen LogP contribution is -2.50. The molecule has 1 aromatic carbocycles. The van der Waals surface area contributed by atoms with Crippen LogP contribution < -0.4 is 4.74 Å². The molecule has 28 heavy (non-hydrogen) atoms. The average Bonchev–Trinajstić information content (AvgIpc) is 2.61. The zero-order valence-corrected chi connectivity index (χ0v) is 15.8. The standard InChI is InChI=1S/C21H20F2N2O3/c1-21(2,3)25(20(27)28-18-12-11-15(22)14-17(18)23)19(26)10-5-4-8-16-9-6-7-13-24-16/h6-7,9,11-14H,5,10H2,1-3H3. The molecular formula is C21H20F2N2O3. The number of benzene rings is 1. The highest BCUT2D eigenvalue weighted by Gasteiger charge is 2.34. The fourth-order valence-electron chi connectivity index (χ4n) is 2.32. The first-order valence-corrected chi connectivity index (χ1v) is 8.58. The van der Waals surface area contributed by atoms with Crippen molar-refractivity contribution >= 4 is 12.0 Å². The number of hydrogen-bond acceptors (Lipinski definition) is 4. The number of halogens is 2. The number of carbonyl (C=O) groups excluding carboxylic acids is 2. The maximum atomic E-state index is 13.7. The Kier molecular flexibility index (Phi) is 6.83. The highest BCUT2D eigenvalue weighted by Crippen LogP contribution is 2.22. The summed E-state index contributed by atoms with van der Waals surface area (Å²) in [4.78, 5) is 30.0. The van der Waals surface area contributed by atoms with Crippen LogP contribution in [-0.4, -0.2) is 27.4 Å². The summed E-state index contributed by atoms with van der Waals surface area (Å²) in [5, 5.41) is 0. The lowest BCUT2D eigenvalue weighted by Gasteiger charge is -2.32. The smallest absolute Gasteiger partial charge is 0.407 e. The van der Waals surface area contributed by atoms with Gasteiger partial charge in [-0.2, -0.15) is 0 Å². The zero-order chi connectivity index (χ0) is 20.7. The van der Waals surface area contributed by atoms with Gasteiger partial charge in [0, 0.05) is 30.6 Å². The number of imide groups is 1. The normalized spacial score (nSPS) is 10.6. The van der Waals surface area contributed by atoms with Gasteiger partial charge in [0.25, 0.3) is 0 Å². The molecule has 0 saturated carbocycles. The van der Waals surface area contributed by atoms with Crippen molar-refractivity contribution < 1.29 is 23.1 Å². The van der Waals surface area contributed by atoms with Crippen LogP contribution in [0.25, 0.3) is 0 Å². The van der Waals surface area contributed by atoms with Crippen LogP contribution in [-0.2, 0) is 4.79 Å². The van der Waals surface area contributed by atoms with Gasteiger partial charge in [0.05, 0.1) is 0 Å². The van der Waals surface area contributed by atoms with E-state index in [1.54, 1.807) is 45.2 Å². The first kappa shape index (κ1) is 21.0. The summed E-state index contributed by atoms with van der Waals surface area (Å²) >= 11 is 0. The summed E-state index contributed by atoms with van der Waals surface area (Å²) in [5.74, 6) is 2.85. The largest absolute Gasteiger partial charge is 0.422 e. The molecule has 2 rings (SSSR count). The monoisotopic (exact) mass is 386 g/mol. The van der Waals surface area contributed by atoms with Gasteiger partial charge in [-0.3, -0.25) is 4.79 Å². The van der Waals surface area contributed by atoms with Crippen molar-refractivity contribution in [1.82, 2.24) is 9.88 Å². The van der Waals surface area contributed by atoms with Gasteiger partial charge in [-0.15, -0.1) is 0 Å². The van der Waals surface area contributed by atoms with Crippen molar-refractivity contribution in [3.63, 3.8) is 0 Å². The van der Waals surface area contributed by atoms with Crippen molar-refractivity contribution in [2.24, 2.45) is 0 Å². The Balaban J connectivity index is 2.06. The molecule has 5 nitrogen and oxygen atoms in total. The number of pyridine rings is 1. The Morgan fingerprint density at radius 3 is 2.54 bits per heavy atom. The number of hydrogen-bond donors (Lipinski definition) is 0. The van der Waals surface area contributed by atoms with Crippen LogP contribution in [0.1, 0.15) is 39.3 Å². The van der Waals surface area contributed by atoms with Gasteiger partial charge < -0.3 is 4.74 Å². The minimum absolute atomic E-state index is 0.0297. The lowest BCUT2D eigenvalue weighted by molar-refractivity contribution is -0.132. The van der Waals surface area contributed by atoms with E-state index in [0.717, 1.165) is 17.0 Å². The molecule has 7 heteroatoms. The predicted octanol–water partition coefficient (Wildman–Crippen LogP) is 4.32. The summed E-state index contributed by atoms with van der Waals surface area (Å²) in [5.41, 5.74) is -0.326. The van der Waals surface area contributed by atoms with E-state index in [-0.39, 0.29) is 12.8 Å². The molecule has 146 valence electrons. The highest BCUT2D eigenvalue weighted by molar-refractivity contribution is 5.93. The minimum atomic E-state index is -1.04. The summed E-state index contributed by atoms with van der Waals surface area (Å²) in [6.07, 6.45) is 0.750. The molecule has 0 aliphatic rings. The molecule has 1 heterocycles. The Morgan fingerprint density at radius 2 is 1.93 bits per heavy atom. The van der Waals surface area contributed by atoms with Crippen LogP contribution in [0, 0.1) is 23.5 Å². The van der Waals surface area contributed by atoms with E-state index in [0.29, 0.717) is 11.8 Å². The van der Waals surface area contributed by atoms with E-state index in [2.05, 4.69) is 16.8 Å². The van der Waals surface area contributed by atoms with Crippen molar-refractivity contribution in [1.29, 1.82) is 0 Å². The lowest BCUT2D eigenvalue weighted by atomic mass is 10.1. The van der Waals surface area contributed by atoms with E-state index in [9.17, 15) is 18.4 Å².